The second kappa shape index (κ2) is 35.0. The van der Waals surface area contributed by atoms with E-state index in [1.807, 2.05) is 13.8 Å². The monoisotopic (exact) mass is 1400 g/mol. The van der Waals surface area contributed by atoms with Crippen LogP contribution in [-0.4, -0.2) is 151 Å². The van der Waals surface area contributed by atoms with Gasteiger partial charge >= 0.3 is 0 Å². The fourth-order valence-electron chi connectivity index (χ4n) is 10.6. The number of ketones is 4. The third-order valence-electron chi connectivity index (χ3n) is 15.0. The fraction of sp³-hybridized carbons (Fsp3) is 0.650. The Morgan fingerprint density at radius 2 is 0.896 bits per heavy atom. The number of hydrogen-bond acceptors (Lipinski definition) is 16. The molecular formula is C80H120N4O12. The van der Waals surface area contributed by atoms with Crippen molar-refractivity contribution in [3.63, 3.8) is 0 Å². The Hall–Kier alpha value is -6.20. The van der Waals surface area contributed by atoms with Crippen LogP contribution >= 0.6 is 0 Å². The van der Waals surface area contributed by atoms with Gasteiger partial charge in [0.25, 0.3) is 0 Å². The molecule has 8 heterocycles. The highest BCUT2D eigenvalue weighted by atomic mass is 16.5. The average molecular weight is 1400 g/mol. The molecule has 0 saturated carbocycles. The summed E-state index contributed by atoms with van der Waals surface area (Å²) in [6.07, 6.45) is -36.2. The van der Waals surface area contributed by atoms with Crippen LogP contribution in [0, 0.1) is 47.2 Å². The molecule has 0 aromatic heterocycles. The SMILES string of the molecule is C.C.[2H]C([2H])([2H])Oc1cc2c(cc1OC([2H])([2H])[2H])C1([2H])N(CC([2H])(CC(C)C)C(=O)C1([2H])[2H])C([2H])([2H])C2([2H])[2H].[2H]c1c(OC([2H])([2H])[2H])c(OC([2H])([2H])[2H])c([2H])c2c1C1([2H])CC(=O)C(CC(C)C)CN1C([2H])([2H])C2([2H])[2H].[2H]c1c(OC([2H])([2H])[2H])c(OC([2H])([2H])[2H])c([2H])c2c1C1N(CC([2H])(C([2H])([2H])C([2H])(C([2H])([2H])[2H])C([2H])([2H])C)C(=O)C1([2H])[2H])C([2H])([2H])C2([2H])[2H].[2H]c1c(OC([2H])([2H])[2H])c(OC)c([2H])c2c1C1([2H])CC(=O)C(C([2H])([2H])C([2H])(C([2H])([2H])[2H])C([2H])([2H])C)CN1C([2H])([2H])C2([2H])[2H]. The van der Waals surface area contributed by atoms with Crippen molar-refractivity contribution in [2.45, 2.75) is 184 Å². The van der Waals surface area contributed by atoms with Gasteiger partial charge in [-0.1, -0.05) is 82.8 Å². The lowest BCUT2D eigenvalue weighted by Crippen LogP contribution is -2.46. The highest BCUT2D eigenvalue weighted by molar-refractivity contribution is 5.85. The number of Topliss-reactive ketones (excluding diaryl/α,β-unsaturated/α-hetero) is 4. The minimum Gasteiger partial charge on any atom is -0.493 e. The van der Waals surface area contributed by atoms with Crippen LogP contribution in [0.4, 0.5) is 0 Å². The first-order valence-electron chi connectivity index (χ1n) is 62.5. The van der Waals surface area contributed by atoms with Crippen LogP contribution in [-0.2, 0) is 44.7 Å². The molecule has 0 N–H and O–H groups in total. The van der Waals surface area contributed by atoms with Gasteiger partial charge in [0.1, 0.15) is 23.1 Å². The summed E-state index contributed by atoms with van der Waals surface area (Å²) in [6, 6.07) is -16.2. The van der Waals surface area contributed by atoms with Gasteiger partial charge in [-0.15, -0.1) is 0 Å². The normalized spacial score (nSPS) is 46.0. The topological polar surface area (TPSA) is 155 Å². The Bertz CT molecular complexity index is 6380. The van der Waals surface area contributed by atoms with Crippen molar-refractivity contribution >= 4 is 23.1 Å². The molecule has 4 fully saturated rings. The summed E-state index contributed by atoms with van der Waals surface area (Å²) >= 11 is 0. The molecule has 8 aliphatic rings. The van der Waals surface area contributed by atoms with Gasteiger partial charge in [0.15, 0.2) is 46.0 Å². The smallest absolute Gasteiger partial charge is 0.161 e. The zero-order valence-electron chi connectivity index (χ0n) is 119. The molecule has 10 unspecified atom stereocenters. The van der Waals surface area contributed by atoms with Gasteiger partial charge in [0.05, 0.1) is 97.5 Å². The molecule has 4 saturated heterocycles. The van der Waals surface area contributed by atoms with Crippen molar-refractivity contribution in [3.8, 4) is 46.0 Å². The van der Waals surface area contributed by atoms with Crippen LogP contribution in [0.1, 0.15) is 296 Å². The highest BCUT2D eigenvalue weighted by Gasteiger charge is 2.43. The van der Waals surface area contributed by atoms with Gasteiger partial charge < -0.3 is 37.9 Å². The van der Waals surface area contributed by atoms with Crippen LogP contribution in [0.3, 0.4) is 0 Å². The number of fused-ring (bicyclic) bond motifs is 12. The number of hydrogen-bond donors (Lipinski definition) is 0. The fourth-order valence-corrected chi connectivity index (χ4v) is 10.6. The van der Waals surface area contributed by atoms with E-state index in [0.717, 1.165) is 12.0 Å². The third kappa shape index (κ3) is 17.6. The molecule has 12 rings (SSSR count). The molecular weight excluding hydrogens is 1210 g/mol. The standard InChI is InChI=1S/2C20H29NO3.2C19H27NO3.2CH4/c2*1-5-13(2)8-15-12-21-7-6-14-9-19(23-3)20(24-4)10-16(14)17(21)11-18(15)22;2*1-12(2)7-14-11-20-6-5-13-8-18(22-3)19(23-4)9-15(13)16(20)10-17(14)21;;/h2*9-10,13,15,17H,5-8,11-12H2,1-4H3;2*8-9,12,14,16H,5-7,10-11H2,1-4H3;2*1H4/i2D3,3D3,4D3,5D2,6D2,7D2,8D2,9D,10D,11D2,13D,15D;2D3,4D3,5D2,6D2,7D2,8D2,9D,10D,13D,17D;3D3,4D3,5D2,6D2,10D2,14D,16D;3D3,4D3,5D2,6D2,8D,9D,16D;;. The van der Waals surface area contributed by atoms with Gasteiger partial charge in [-0.25, -0.2) is 0 Å². The van der Waals surface area contributed by atoms with Gasteiger partial charge in [-0.3, -0.25) is 38.8 Å². The number of aryl methyl sites for hydroxylation is 1. The number of benzene rings is 4. The van der Waals surface area contributed by atoms with Crippen molar-refractivity contribution in [3.05, 3.63) is 92.9 Å². The van der Waals surface area contributed by atoms with E-state index in [4.69, 9.17) is 125 Å². The summed E-state index contributed by atoms with van der Waals surface area (Å²) in [7, 11) is -22.1. The molecule has 16 nitrogen and oxygen atoms in total. The van der Waals surface area contributed by atoms with Crippen LogP contribution < -0.4 is 37.9 Å². The Morgan fingerprint density at radius 3 is 1.41 bits per heavy atom. The second-order valence-electron chi connectivity index (χ2n) is 22.1. The largest absolute Gasteiger partial charge is 0.493 e. The van der Waals surface area contributed by atoms with Crippen molar-refractivity contribution in [1.29, 1.82) is 0 Å². The number of carbonyl (C=O) groups excluding carboxylic acids is 4. The molecule has 4 aromatic carbocycles. The lowest BCUT2D eigenvalue weighted by Gasteiger charge is -2.43. The van der Waals surface area contributed by atoms with Crippen LogP contribution in [0.15, 0.2) is 48.4 Å². The van der Waals surface area contributed by atoms with E-state index >= 15 is 0 Å². The summed E-state index contributed by atoms with van der Waals surface area (Å²) in [5.41, 5.74) is -7.02. The molecule has 0 bridgehead atoms. The van der Waals surface area contributed by atoms with E-state index in [1.54, 1.807) is 13.8 Å². The summed E-state index contributed by atoms with van der Waals surface area (Å²) in [5.74, 6) is -30.2. The number of carbonyl (C=O) groups is 4. The molecule has 10 atom stereocenters. The lowest BCUT2D eigenvalue weighted by atomic mass is 9.79. The zero-order chi connectivity index (χ0) is 127. The molecule has 8 aliphatic heterocycles. The number of methoxy groups -OCH3 is 8. The molecule has 0 aliphatic carbocycles. The molecule has 532 valence electrons. The third-order valence-corrected chi connectivity index (χ3v) is 15.0. The van der Waals surface area contributed by atoms with Gasteiger partial charge in [-0.2, -0.15) is 0 Å². The number of nitrogens with zero attached hydrogens (tertiary/aromatic N) is 4. The Kier molecular flexibility index (Phi) is 9.63. The van der Waals surface area contributed by atoms with Crippen molar-refractivity contribution in [2.75, 3.05) is 109 Å². The Balaban J connectivity index is 0.000000294. The van der Waals surface area contributed by atoms with E-state index in [-0.39, 0.29) is 44.6 Å². The van der Waals surface area contributed by atoms with E-state index in [1.165, 1.54) is 0 Å². The first-order chi connectivity index (χ1) is 71.2. The quantitative estimate of drug-likeness (QED) is 0.0926. The maximum atomic E-state index is 14.0. The predicted octanol–water partition coefficient (Wildman–Crippen LogP) is 15.0. The molecule has 0 radical (unpaired) electrons. The molecule has 96 heavy (non-hydrogen) atoms. The lowest BCUT2D eigenvalue weighted by molar-refractivity contribution is -0.130. The van der Waals surface area contributed by atoms with E-state index < -0.39 is 395 Å². The maximum absolute atomic E-state index is 14.0. The Labute approximate surface area is 672 Å². The maximum Gasteiger partial charge on any atom is 0.161 e. The van der Waals surface area contributed by atoms with E-state index in [2.05, 4.69) is 4.74 Å². The van der Waals surface area contributed by atoms with E-state index in [9.17, 15) is 20.5 Å². The summed E-state index contributed by atoms with van der Waals surface area (Å²) < 4.78 is 594. The van der Waals surface area contributed by atoms with E-state index in [0.29, 0.717) is 42.2 Å². The van der Waals surface area contributed by atoms with Crippen LogP contribution in [0.5, 0.6) is 46.0 Å². The van der Waals surface area contributed by atoms with Crippen molar-refractivity contribution in [2.24, 2.45) is 47.2 Å². The molecule has 16 heteroatoms. The van der Waals surface area contributed by atoms with Crippen LogP contribution in [0.25, 0.3) is 0 Å². The first kappa shape index (κ1) is 26.4. The summed E-state index contributed by atoms with van der Waals surface area (Å²) in [5, 5.41) is 0. The summed E-state index contributed by atoms with van der Waals surface area (Å²) in [6.45, 7) is -16.8. The molecule has 0 spiro atoms. The number of piperidine rings is 4. The highest BCUT2D eigenvalue weighted by Crippen LogP contribution is 2.48. The zero-order valence-corrected chi connectivity index (χ0v) is 51.4. The van der Waals surface area contributed by atoms with Gasteiger partial charge in [0, 0.05) is 178 Å². The molecule has 0 amide bonds. The van der Waals surface area contributed by atoms with Gasteiger partial charge in [0.2, 0.25) is 0 Å². The first-order valence-corrected chi connectivity index (χ1v) is 28.5. The van der Waals surface area contributed by atoms with Crippen LogP contribution in [0.2, 0.25) is 0 Å². The average Bonchev–Trinajstić information content (AvgIpc) is 0.349. The number of ether oxygens (including phenoxy) is 8. The predicted molar refractivity (Wildman–Crippen MR) is 383 cm³/mol. The second-order valence-corrected chi connectivity index (χ2v) is 22.1. The Morgan fingerprint density at radius 1 is 0.479 bits per heavy atom. The van der Waals surface area contributed by atoms with Gasteiger partial charge in [-0.05, 0) is 168 Å². The number of rotatable bonds is 18. The minimum atomic E-state index is -4.20. The minimum absolute atomic E-state index is 0. The van der Waals surface area contributed by atoms with Crippen molar-refractivity contribution in [1.82, 2.24) is 19.6 Å². The summed E-state index contributed by atoms with van der Waals surface area (Å²) in [4.78, 5) is 55.7. The molecule has 4 aromatic rings. The van der Waals surface area contributed by atoms with Crippen molar-refractivity contribution < 1.29 is 150 Å².